The molecule has 0 spiro atoms. The smallest absolute Gasteiger partial charge is 0.160 e. The van der Waals surface area contributed by atoms with Gasteiger partial charge in [0.2, 0.25) is 0 Å². The van der Waals surface area contributed by atoms with E-state index in [1.807, 2.05) is 42.5 Å². The minimum atomic E-state index is -0.236. The van der Waals surface area contributed by atoms with Crippen LogP contribution in [-0.2, 0) is 5.41 Å². The Morgan fingerprint density at radius 3 is 1.76 bits per heavy atom. The molecule has 0 unspecified atom stereocenters. The summed E-state index contributed by atoms with van der Waals surface area (Å²) in [6.45, 7) is 2.36. The predicted molar refractivity (Wildman–Crippen MR) is 208 cm³/mol. The van der Waals surface area contributed by atoms with Crippen LogP contribution in [0.2, 0.25) is 0 Å². The van der Waals surface area contributed by atoms with E-state index in [9.17, 15) is 0 Å². The summed E-state index contributed by atoms with van der Waals surface area (Å²) in [5.74, 6) is 0.697. The third-order valence-electron chi connectivity index (χ3n) is 10.6. The first kappa shape index (κ1) is 29.3. The van der Waals surface area contributed by atoms with Gasteiger partial charge in [-0.2, -0.15) is 0 Å². The molecule has 2 heterocycles. The Kier molecular flexibility index (Phi) is 6.62. The van der Waals surface area contributed by atoms with Crippen molar-refractivity contribution in [1.29, 1.82) is 0 Å². The van der Waals surface area contributed by atoms with Gasteiger partial charge < -0.3 is 4.42 Å². The van der Waals surface area contributed by atoms with Gasteiger partial charge in [-0.15, -0.1) is 0 Å². The maximum Gasteiger partial charge on any atom is 0.160 e. The summed E-state index contributed by atoms with van der Waals surface area (Å²) in [4.78, 5) is 10.2. The zero-order valence-corrected chi connectivity index (χ0v) is 28.0. The third-order valence-corrected chi connectivity index (χ3v) is 10.6. The van der Waals surface area contributed by atoms with Crippen molar-refractivity contribution in [1.82, 2.24) is 9.97 Å². The van der Waals surface area contributed by atoms with Crippen LogP contribution in [0.15, 0.2) is 180 Å². The van der Waals surface area contributed by atoms with E-state index in [0.717, 1.165) is 50.0 Å². The lowest BCUT2D eigenvalue weighted by molar-refractivity contribution is 0.669. The van der Waals surface area contributed by atoms with E-state index in [1.165, 1.54) is 38.9 Å². The topological polar surface area (TPSA) is 38.9 Å². The molecule has 0 fully saturated rings. The molecule has 9 aromatic rings. The van der Waals surface area contributed by atoms with Gasteiger partial charge in [0.05, 0.1) is 11.4 Å². The number of para-hydroxylation sites is 1. The Morgan fingerprint density at radius 2 is 1.00 bits per heavy atom. The Balaban J connectivity index is 1.05. The molecule has 0 saturated heterocycles. The molecule has 0 amide bonds. The first-order chi connectivity index (χ1) is 25.1. The van der Waals surface area contributed by atoms with Gasteiger partial charge in [-0.05, 0) is 82.3 Å². The predicted octanol–water partition coefficient (Wildman–Crippen LogP) is 12.4. The summed E-state index contributed by atoms with van der Waals surface area (Å²) in [6.07, 6.45) is 0. The molecule has 3 nitrogen and oxygen atoms in total. The van der Waals surface area contributed by atoms with E-state index in [4.69, 9.17) is 14.4 Å². The van der Waals surface area contributed by atoms with Crippen LogP contribution < -0.4 is 0 Å². The molecule has 0 atom stereocenters. The zero-order valence-electron chi connectivity index (χ0n) is 28.0. The summed E-state index contributed by atoms with van der Waals surface area (Å²) in [5, 5.41) is 2.18. The lowest BCUT2D eigenvalue weighted by Crippen LogP contribution is -2.22. The van der Waals surface area contributed by atoms with Crippen LogP contribution in [0.1, 0.15) is 23.6 Å². The first-order valence-corrected chi connectivity index (χ1v) is 17.4. The van der Waals surface area contributed by atoms with Crippen LogP contribution in [0, 0.1) is 0 Å². The second kappa shape index (κ2) is 11.5. The fourth-order valence-corrected chi connectivity index (χ4v) is 7.95. The molecule has 0 bridgehead atoms. The molecular formula is C48H32N2O. The van der Waals surface area contributed by atoms with Crippen LogP contribution >= 0.6 is 0 Å². The van der Waals surface area contributed by atoms with E-state index in [0.29, 0.717) is 5.82 Å². The Hall–Kier alpha value is -6.58. The molecule has 7 aromatic carbocycles. The fourth-order valence-electron chi connectivity index (χ4n) is 7.95. The van der Waals surface area contributed by atoms with Crippen LogP contribution in [0.5, 0.6) is 0 Å². The normalized spacial score (nSPS) is 13.0. The second-order valence-corrected chi connectivity index (χ2v) is 13.5. The Morgan fingerprint density at radius 1 is 0.412 bits per heavy atom. The third kappa shape index (κ3) is 4.74. The lowest BCUT2D eigenvalue weighted by Gasteiger charge is -2.28. The Bertz CT molecular complexity index is 2710. The minimum Gasteiger partial charge on any atom is -0.456 e. The Labute approximate surface area is 296 Å². The summed E-state index contributed by atoms with van der Waals surface area (Å²) >= 11 is 0. The van der Waals surface area contributed by atoms with Crippen molar-refractivity contribution in [2.24, 2.45) is 0 Å². The number of rotatable bonds is 5. The number of aromatic nitrogens is 2. The molecule has 0 N–H and O–H groups in total. The number of fused-ring (bicyclic) bond motifs is 6. The van der Waals surface area contributed by atoms with Crippen molar-refractivity contribution in [3.05, 3.63) is 193 Å². The van der Waals surface area contributed by atoms with Gasteiger partial charge in [0.15, 0.2) is 5.82 Å². The van der Waals surface area contributed by atoms with E-state index in [2.05, 4.69) is 140 Å². The van der Waals surface area contributed by atoms with Gasteiger partial charge in [-0.1, -0.05) is 140 Å². The fraction of sp³-hybridized carbons (Fsp3) is 0.0417. The van der Waals surface area contributed by atoms with E-state index in [1.54, 1.807) is 0 Å². The molecule has 0 radical (unpaired) electrons. The van der Waals surface area contributed by atoms with Gasteiger partial charge >= 0.3 is 0 Å². The van der Waals surface area contributed by atoms with Crippen molar-refractivity contribution < 1.29 is 4.42 Å². The van der Waals surface area contributed by atoms with Crippen LogP contribution in [0.25, 0.3) is 78.1 Å². The molecule has 2 aromatic heterocycles. The number of hydrogen-bond acceptors (Lipinski definition) is 3. The average Bonchev–Trinajstić information content (AvgIpc) is 3.71. The van der Waals surface area contributed by atoms with E-state index in [-0.39, 0.29) is 5.41 Å². The van der Waals surface area contributed by atoms with Gasteiger partial charge in [0, 0.05) is 32.9 Å². The second-order valence-electron chi connectivity index (χ2n) is 13.5. The van der Waals surface area contributed by atoms with Gasteiger partial charge in [-0.25, -0.2) is 9.97 Å². The molecule has 10 rings (SSSR count). The maximum atomic E-state index is 6.12. The highest BCUT2D eigenvalue weighted by Gasteiger charge is 2.40. The van der Waals surface area contributed by atoms with Crippen molar-refractivity contribution in [2.45, 2.75) is 12.3 Å². The highest BCUT2D eigenvalue weighted by Crippen LogP contribution is 2.52. The standard InChI is InChI=1S/C48H32N2O/c1-48(41-19-8-5-16-37(41)38-17-6-9-20-42(38)48)36-15-11-14-34(28-36)31-22-24-32(25-23-31)43-30-44(50-47(49-43)33-12-3-2-4-13-33)35-26-27-46-40(29-35)39-18-7-10-21-45(39)51-46/h2-30H,1H3. The van der Waals surface area contributed by atoms with Crippen molar-refractivity contribution in [3.8, 4) is 56.2 Å². The largest absolute Gasteiger partial charge is 0.456 e. The van der Waals surface area contributed by atoms with Gasteiger partial charge in [0.1, 0.15) is 11.2 Å². The van der Waals surface area contributed by atoms with Crippen molar-refractivity contribution in [3.63, 3.8) is 0 Å². The van der Waals surface area contributed by atoms with Crippen LogP contribution in [0.4, 0.5) is 0 Å². The summed E-state index contributed by atoms with van der Waals surface area (Å²) in [5.41, 5.74) is 15.3. The maximum absolute atomic E-state index is 6.12. The zero-order chi connectivity index (χ0) is 33.9. The molecular weight excluding hydrogens is 621 g/mol. The van der Waals surface area contributed by atoms with Crippen LogP contribution in [-0.4, -0.2) is 9.97 Å². The quantitative estimate of drug-likeness (QED) is 0.186. The number of furan rings is 1. The lowest BCUT2D eigenvalue weighted by atomic mass is 9.74. The van der Waals surface area contributed by atoms with Crippen molar-refractivity contribution >= 4 is 21.9 Å². The highest BCUT2D eigenvalue weighted by atomic mass is 16.3. The van der Waals surface area contributed by atoms with Gasteiger partial charge in [-0.3, -0.25) is 0 Å². The molecule has 1 aliphatic carbocycles. The SMILES string of the molecule is CC1(c2cccc(-c3ccc(-c4cc(-c5ccc6oc7ccccc7c6c5)nc(-c5ccccc5)n4)cc3)c2)c2ccccc2-c2ccccc21. The number of benzene rings is 7. The number of nitrogens with zero attached hydrogens (tertiary/aromatic N) is 2. The molecule has 0 aliphatic heterocycles. The van der Waals surface area contributed by atoms with Gasteiger partial charge in [0.25, 0.3) is 0 Å². The first-order valence-electron chi connectivity index (χ1n) is 17.4. The minimum absolute atomic E-state index is 0.236. The van der Waals surface area contributed by atoms with E-state index >= 15 is 0 Å². The summed E-state index contributed by atoms with van der Waals surface area (Å²) in [6, 6.07) is 62.3. The summed E-state index contributed by atoms with van der Waals surface area (Å²) in [7, 11) is 0. The molecule has 240 valence electrons. The average molecular weight is 653 g/mol. The molecule has 1 aliphatic rings. The van der Waals surface area contributed by atoms with E-state index < -0.39 is 0 Å². The van der Waals surface area contributed by atoms with Crippen molar-refractivity contribution in [2.75, 3.05) is 0 Å². The molecule has 3 heteroatoms. The highest BCUT2D eigenvalue weighted by molar-refractivity contribution is 6.06. The number of hydrogen-bond donors (Lipinski definition) is 0. The van der Waals surface area contributed by atoms with Crippen LogP contribution in [0.3, 0.4) is 0 Å². The molecule has 0 saturated carbocycles. The molecule has 51 heavy (non-hydrogen) atoms. The monoisotopic (exact) mass is 652 g/mol. The summed E-state index contributed by atoms with van der Waals surface area (Å²) < 4.78 is 6.12.